The van der Waals surface area contributed by atoms with E-state index in [0.29, 0.717) is 6.54 Å². The molecule has 4 nitrogen and oxygen atoms in total. The van der Waals surface area contributed by atoms with Crippen LogP contribution in [-0.4, -0.2) is 21.1 Å². The van der Waals surface area contributed by atoms with E-state index < -0.39 is 0 Å². The van der Waals surface area contributed by atoms with E-state index in [-0.39, 0.29) is 6.04 Å². The van der Waals surface area contributed by atoms with Crippen LogP contribution in [0.5, 0.6) is 0 Å². The fraction of sp³-hybridized carbons (Fsp3) is 0.333. The molecule has 1 aromatic carbocycles. The molecule has 0 saturated carbocycles. The molecule has 2 aromatic heterocycles. The summed E-state index contributed by atoms with van der Waals surface area (Å²) in [7, 11) is 0. The molecule has 0 saturated heterocycles. The summed E-state index contributed by atoms with van der Waals surface area (Å²) in [5, 5.41) is 3.82. The third-order valence-electron chi connectivity index (χ3n) is 3.31. The number of nitrogens with zero attached hydrogens (tertiary/aromatic N) is 3. The minimum absolute atomic E-state index is 0.281. The van der Waals surface area contributed by atoms with Crippen LogP contribution in [0.25, 0.3) is 22.6 Å². The fourth-order valence-corrected chi connectivity index (χ4v) is 3.38. The van der Waals surface area contributed by atoms with Crippen LogP contribution in [0.2, 0.25) is 5.02 Å². The van der Waals surface area contributed by atoms with Crippen LogP contribution in [0.1, 0.15) is 24.9 Å². The Kier molecular flexibility index (Phi) is 3.97. The van der Waals surface area contributed by atoms with E-state index in [0.717, 1.165) is 39.0 Å². The Labute approximate surface area is 132 Å². The minimum Gasteiger partial charge on any atom is -0.330 e. The number of aromatic nitrogens is 3. The van der Waals surface area contributed by atoms with E-state index >= 15 is 0 Å². The minimum atomic E-state index is 0.281. The Hall–Kier alpha value is -1.43. The molecule has 0 spiro atoms. The van der Waals surface area contributed by atoms with Gasteiger partial charge in [-0.25, -0.2) is 9.97 Å². The van der Waals surface area contributed by atoms with Gasteiger partial charge in [-0.2, -0.15) is 0 Å². The van der Waals surface area contributed by atoms with Gasteiger partial charge in [-0.15, -0.1) is 11.3 Å². The lowest BCUT2D eigenvalue weighted by Crippen LogP contribution is -2.04. The molecular formula is C15H17ClN4S. The molecule has 0 radical (unpaired) electrons. The van der Waals surface area contributed by atoms with Crippen LogP contribution in [0.4, 0.5) is 0 Å². The largest absolute Gasteiger partial charge is 0.330 e. The summed E-state index contributed by atoms with van der Waals surface area (Å²) in [6.45, 7) is 4.89. The van der Waals surface area contributed by atoms with Crippen molar-refractivity contribution >= 4 is 34.0 Å². The summed E-state index contributed by atoms with van der Waals surface area (Å²) in [6.07, 6.45) is 0.804. The Balaban J connectivity index is 2.18. The average molecular weight is 321 g/mol. The molecule has 6 heteroatoms. The number of hydrogen-bond donors (Lipinski definition) is 1. The van der Waals surface area contributed by atoms with E-state index in [1.165, 1.54) is 0 Å². The first-order chi connectivity index (χ1) is 10.1. The maximum absolute atomic E-state index is 6.13. The van der Waals surface area contributed by atoms with Crippen LogP contribution >= 0.6 is 22.9 Å². The molecule has 2 heterocycles. The van der Waals surface area contributed by atoms with E-state index in [1.54, 1.807) is 11.3 Å². The van der Waals surface area contributed by atoms with Crippen molar-refractivity contribution in [2.24, 2.45) is 5.73 Å². The van der Waals surface area contributed by atoms with Crippen molar-refractivity contribution in [3.63, 3.8) is 0 Å². The Morgan fingerprint density at radius 2 is 2.14 bits per heavy atom. The zero-order chi connectivity index (χ0) is 15.0. The normalized spacial score (nSPS) is 11.7. The third-order valence-corrected chi connectivity index (χ3v) is 4.45. The number of imidazole rings is 1. The summed E-state index contributed by atoms with van der Waals surface area (Å²) < 4.78 is 2.18. The molecular weight excluding hydrogens is 304 g/mol. The molecule has 0 amide bonds. The molecule has 3 aromatic rings. The maximum atomic E-state index is 6.13. The van der Waals surface area contributed by atoms with E-state index in [9.17, 15) is 0 Å². The van der Waals surface area contributed by atoms with Gasteiger partial charge in [0.15, 0.2) is 5.82 Å². The second-order valence-electron chi connectivity index (χ2n) is 5.20. The average Bonchev–Trinajstić information content (AvgIpc) is 3.02. The molecule has 3 rings (SSSR count). The van der Waals surface area contributed by atoms with Crippen molar-refractivity contribution in [1.82, 2.24) is 14.5 Å². The number of nitrogens with two attached hydrogens (primary N) is 1. The topological polar surface area (TPSA) is 56.7 Å². The van der Waals surface area contributed by atoms with Crippen molar-refractivity contribution in [3.05, 3.63) is 33.6 Å². The Bertz CT molecular complexity index is 775. The van der Waals surface area contributed by atoms with Gasteiger partial charge in [0, 0.05) is 22.9 Å². The van der Waals surface area contributed by atoms with Gasteiger partial charge in [-0.3, -0.25) is 0 Å². The second-order valence-corrected chi connectivity index (χ2v) is 6.58. The van der Waals surface area contributed by atoms with Crippen molar-refractivity contribution in [1.29, 1.82) is 0 Å². The van der Waals surface area contributed by atoms with Gasteiger partial charge in [-0.1, -0.05) is 11.6 Å². The highest BCUT2D eigenvalue weighted by atomic mass is 35.5. The summed E-state index contributed by atoms with van der Waals surface area (Å²) in [5.74, 6) is 0.891. The summed E-state index contributed by atoms with van der Waals surface area (Å²) >= 11 is 7.76. The highest BCUT2D eigenvalue weighted by Crippen LogP contribution is 2.30. The monoisotopic (exact) mass is 320 g/mol. The maximum Gasteiger partial charge on any atom is 0.160 e. The van der Waals surface area contributed by atoms with Crippen molar-refractivity contribution < 1.29 is 0 Å². The predicted molar refractivity (Wildman–Crippen MR) is 89.0 cm³/mol. The highest BCUT2D eigenvalue weighted by Gasteiger charge is 2.17. The molecule has 0 aliphatic rings. The van der Waals surface area contributed by atoms with Crippen LogP contribution in [0.3, 0.4) is 0 Å². The molecule has 0 aliphatic heterocycles. The summed E-state index contributed by atoms with van der Waals surface area (Å²) in [5.41, 5.74) is 8.49. The zero-order valence-corrected chi connectivity index (χ0v) is 13.6. The van der Waals surface area contributed by atoms with Crippen molar-refractivity contribution in [2.45, 2.75) is 26.3 Å². The van der Waals surface area contributed by atoms with Crippen LogP contribution < -0.4 is 5.73 Å². The van der Waals surface area contributed by atoms with Crippen molar-refractivity contribution in [2.75, 3.05) is 6.54 Å². The van der Waals surface area contributed by atoms with Crippen LogP contribution in [0, 0.1) is 0 Å². The summed E-state index contributed by atoms with van der Waals surface area (Å²) in [4.78, 5) is 9.39. The molecule has 0 unspecified atom stereocenters. The smallest absolute Gasteiger partial charge is 0.160 e. The lowest BCUT2D eigenvalue weighted by atomic mass is 10.3. The lowest BCUT2D eigenvalue weighted by Gasteiger charge is -2.11. The van der Waals surface area contributed by atoms with Gasteiger partial charge in [0.05, 0.1) is 16.0 Å². The molecule has 0 aliphatic carbocycles. The van der Waals surface area contributed by atoms with Crippen LogP contribution in [0.15, 0.2) is 23.6 Å². The Morgan fingerprint density at radius 1 is 1.33 bits per heavy atom. The van der Waals surface area contributed by atoms with E-state index in [2.05, 4.69) is 23.4 Å². The first-order valence-corrected chi connectivity index (χ1v) is 8.18. The standard InChI is InChI=1S/C15H17ClN4S/c1-9(2)20-13-7-10(16)3-4-11(13)19-15(20)12-8-21-14(18-12)5-6-17/h3-4,7-9H,5-6,17H2,1-2H3. The molecule has 0 bridgehead atoms. The van der Waals surface area contributed by atoms with Gasteiger partial charge in [0.2, 0.25) is 0 Å². The second kappa shape index (κ2) is 5.75. The molecule has 2 N–H and O–H groups in total. The number of benzene rings is 1. The number of halogens is 1. The number of rotatable bonds is 4. The first kappa shape index (κ1) is 14.5. The van der Waals surface area contributed by atoms with Gasteiger partial charge in [0.1, 0.15) is 5.69 Å². The predicted octanol–water partition coefficient (Wildman–Crippen LogP) is 3.90. The quantitative estimate of drug-likeness (QED) is 0.793. The highest BCUT2D eigenvalue weighted by molar-refractivity contribution is 7.09. The third kappa shape index (κ3) is 2.69. The SMILES string of the molecule is CC(C)n1c(-c2csc(CCN)n2)nc2ccc(Cl)cc21. The zero-order valence-electron chi connectivity index (χ0n) is 12.0. The fourth-order valence-electron chi connectivity index (χ4n) is 2.42. The molecule has 0 atom stereocenters. The lowest BCUT2D eigenvalue weighted by molar-refractivity contribution is 0.623. The van der Waals surface area contributed by atoms with Gasteiger partial charge in [0.25, 0.3) is 0 Å². The summed E-state index contributed by atoms with van der Waals surface area (Å²) in [6, 6.07) is 6.06. The van der Waals surface area contributed by atoms with E-state index in [4.69, 9.17) is 22.3 Å². The van der Waals surface area contributed by atoms with Gasteiger partial charge in [-0.05, 0) is 38.6 Å². The number of hydrogen-bond acceptors (Lipinski definition) is 4. The first-order valence-electron chi connectivity index (χ1n) is 6.92. The molecule has 0 fully saturated rings. The van der Waals surface area contributed by atoms with E-state index in [1.807, 2.05) is 23.6 Å². The molecule has 21 heavy (non-hydrogen) atoms. The van der Waals surface area contributed by atoms with Crippen molar-refractivity contribution in [3.8, 4) is 11.5 Å². The van der Waals surface area contributed by atoms with Gasteiger partial charge >= 0.3 is 0 Å². The Morgan fingerprint density at radius 3 is 2.86 bits per heavy atom. The molecule has 110 valence electrons. The number of thiazole rings is 1. The number of fused-ring (bicyclic) bond motifs is 1. The van der Waals surface area contributed by atoms with Crippen LogP contribution in [-0.2, 0) is 6.42 Å². The van der Waals surface area contributed by atoms with Gasteiger partial charge < -0.3 is 10.3 Å².